The fraction of sp³-hybridized carbons (Fsp3) is 0.158. The van der Waals surface area contributed by atoms with Crippen LogP contribution in [0.4, 0.5) is 11.6 Å². The van der Waals surface area contributed by atoms with E-state index in [2.05, 4.69) is 25.4 Å². The first kappa shape index (κ1) is 19.1. The number of aromatic nitrogens is 6. The van der Waals surface area contributed by atoms with Crippen molar-refractivity contribution in [2.45, 2.75) is 13.5 Å². The summed E-state index contributed by atoms with van der Waals surface area (Å²) >= 11 is 0. The van der Waals surface area contributed by atoms with E-state index >= 15 is 0 Å². The van der Waals surface area contributed by atoms with Gasteiger partial charge in [-0.1, -0.05) is 0 Å². The average Bonchev–Trinajstić information content (AvgIpc) is 3.20. The predicted molar refractivity (Wildman–Crippen MR) is 107 cm³/mol. The number of carboxylic acid groups (broad SMARTS) is 1. The first-order valence-electron chi connectivity index (χ1n) is 8.99. The van der Waals surface area contributed by atoms with E-state index < -0.39 is 11.5 Å². The highest BCUT2D eigenvalue weighted by molar-refractivity contribution is 5.91. The number of carbonyl (C=O) groups is 1. The second-order valence-electron chi connectivity index (χ2n) is 6.32. The summed E-state index contributed by atoms with van der Waals surface area (Å²) in [4.78, 5) is 36.1. The number of pyridine rings is 2. The van der Waals surface area contributed by atoms with Crippen molar-refractivity contribution in [1.82, 2.24) is 29.3 Å². The van der Waals surface area contributed by atoms with E-state index in [-0.39, 0.29) is 11.5 Å². The molecular formula is C19H17N7O4. The summed E-state index contributed by atoms with van der Waals surface area (Å²) in [5.41, 5.74) is -0.0685. The molecule has 0 unspecified atom stereocenters. The second-order valence-corrected chi connectivity index (χ2v) is 6.32. The van der Waals surface area contributed by atoms with Gasteiger partial charge < -0.3 is 15.2 Å². The van der Waals surface area contributed by atoms with Crippen molar-refractivity contribution in [1.29, 1.82) is 0 Å². The quantitative estimate of drug-likeness (QED) is 0.492. The van der Waals surface area contributed by atoms with Crippen molar-refractivity contribution < 1.29 is 14.6 Å². The van der Waals surface area contributed by atoms with E-state index in [0.717, 1.165) is 6.54 Å². The summed E-state index contributed by atoms with van der Waals surface area (Å²) in [5, 5.41) is 16.8. The van der Waals surface area contributed by atoms with Gasteiger partial charge in [-0.05, 0) is 19.1 Å². The third kappa shape index (κ3) is 3.68. The van der Waals surface area contributed by atoms with Crippen LogP contribution < -0.4 is 15.6 Å². The molecule has 0 atom stereocenters. The Morgan fingerprint density at radius 1 is 1.20 bits per heavy atom. The van der Waals surface area contributed by atoms with Crippen LogP contribution in [0.25, 0.3) is 11.0 Å². The number of hydrogen-bond donors (Lipinski definition) is 2. The van der Waals surface area contributed by atoms with E-state index in [4.69, 9.17) is 9.84 Å². The number of nitrogens with one attached hydrogen (secondary N) is 1. The summed E-state index contributed by atoms with van der Waals surface area (Å²) in [5.74, 6) is -0.234. The molecule has 0 spiro atoms. The minimum Gasteiger partial charge on any atom is -0.477 e. The van der Waals surface area contributed by atoms with Gasteiger partial charge in [0, 0.05) is 43.5 Å². The van der Waals surface area contributed by atoms with Gasteiger partial charge in [-0.25, -0.2) is 14.8 Å². The van der Waals surface area contributed by atoms with Crippen LogP contribution in [-0.2, 0) is 13.6 Å². The van der Waals surface area contributed by atoms with Gasteiger partial charge in [0.1, 0.15) is 11.2 Å². The molecule has 0 aliphatic heterocycles. The highest BCUT2D eigenvalue weighted by atomic mass is 16.5. The van der Waals surface area contributed by atoms with Crippen LogP contribution in [0, 0.1) is 0 Å². The van der Waals surface area contributed by atoms with E-state index in [1.165, 1.54) is 23.9 Å². The zero-order valence-electron chi connectivity index (χ0n) is 16.1. The molecule has 0 saturated carbocycles. The molecule has 0 aromatic carbocycles. The van der Waals surface area contributed by atoms with Crippen molar-refractivity contribution in [3.05, 3.63) is 58.8 Å². The van der Waals surface area contributed by atoms with Gasteiger partial charge in [-0.3, -0.25) is 14.0 Å². The van der Waals surface area contributed by atoms with Crippen molar-refractivity contribution in [3.8, 4) is 11.8 Å². The highest BCUT2D eigenvalue weighted by Gasteiger charge is 2.14. The molecule has 11 heteroatoms. The molecule has 152 valence electrons. The molecule has 30 heavy (non-hydrogen) atoms. The van der Waals surface area contributed by atoms with Gasteiger partial charge in [0.05, 0.1) is 11.9 Å². The topological polar surface area (TPSA) is 137 Å². The second kappa shape index (κ2) is 7.62. The Kier molecular flexibility index (Phi) is 4.84. The summed E-state index contributed by atoms with van der Waals surface area (Å²) in [6.07, 6.45) is 4.81. The van der Waals surface area contributed by atoms with E-state index in [1.54, 1.807) is 29.1 Å². The van der Waals surface area contributed by atoms with Gasteiger partial charge in [0.25, 0.3) is 5.56 Å². The van der Waals surface area contributed by atoms with Gasteiger partial charge >= 0.3 is 5.97 Å². The zero-order valence-corrected chi connectivity index (χ0v) is 16.1. The standard InChI is InChI=1S/C19H17N7O4/c1-3-26-7-6-15(24-26)30-14-5-4-12(10-20-14)22-19-21-9-11-8-13(18(28)29)17(27)25(2)16(11)23-19/h4-10H,3H2,1-2H3,(H,28,29)(H,21,22,23). The Bertz CT molecular complexity index is 1290. The van der Waals surface area contributed by atoms with Crippen LogP contribution in [0.1, 0.15) is 17.3 Å². The number of hydrogen-bond acceptors (Lipinski definition) is 8. The number of rotatable bonds is 6. The normalized spacial score (nSPS) is 10.9. The molecule has 0 saturated heterocycles. The van der Waals surface area contributed by atoms with Gasteiger partial charge in [0.2, 0.25) is 17.7 Å². The first-order chi connectivity index (χ1) is 14.4. The molecule has 0 amide bonds. The van der Waals surface area contributed by atoms with Crippen molar-refractivity contribution in [2.75, 3.05) is 5.32 Å². The van der Waals surface area contributed by atoms with Crippen LogP contribution in [0.5, 0.6) is 11.8 Å². The summed E-state index contributed by atoms with van der Waals surface area (Å²) in [6.45, 7) is 2.72. The Labute approximate surface area is 169 Å². The summed E-state index contributed by atoms with van der Waals surface area (Å²) in [6, 6.07) is 6.42. The smallest absolute Gasteiger partial charge is 0.341 e. The number of anilines is 2. The van der Waals surface area contributed by atoms with Crippen LogP contribution in [0.2, 0.25) is 0 Å². The van der Waals surface area contributed by atoms with Gasteiger partial charge in [-0.2, -0.15) is 4.98 Å². The lowest BCUT2D eigenvalue weighted by Gasteiger charge is -2.09. The van der Waals surface area contributed by atoms with E-state index in [1.807, 2.05) is 13.1 Å². The molecule has 0 bridgehead atoms. The summed E-state index contributed by atoms with van der Waals surface area (Å²) in [7, 11) is 1.46. The van der Waals surface area contributed by atoms with E-state index in [9.17, 15) is 9.59 Å². The molecule has 0 aliphatic carbocycles. The largest absolute Gasteiger partial charge is 0.477 e. The van der Waals surface area contributed by atoms with Gasteiger partial charge in [-0.15, -0.1) is 5.10 Å². The molecular weight excluding hydrogens is 390 g/mol. The molecule has 4 aromatic rings. The molecule has 4 aromatic heterocycles. The van der Waals surface area contributed by atoms with Crippen LogP contribution in [-0.4, -0.2) is 40.4 Å². The minimum atomic E-state index is -1.30. The highest BCUT2D eigenvalue weighted by Crippen LogP contribution is 2.20. The molecule has 4 heterocycles. The Balaban J connectivity index is 1.55. The number of aryl methyl sites for hydroxylation is 2. The Hall–Kier alpha value is -4.28. The molecule has 0 fully saturated rings. The van der Waals surface area contributed by atoms with Crippen molar-refractivity contribution in [2.24, 2.45) is 7.05 Å². The van der Waals surface area contributed by atoms with E-state index in [0.29, 0.717) is 28.5 Å². The maximum Gasteiger partial charge on any atom is 0.341 e. The lowest BCUT2D eigenvalue weighted by Crippen LogP contribution is -2.25. The number of fused-ring (bicyclic) bond motifs is 1. The summed E-state index contributed by atoms with van der Waals surface area (Å²) < 4.78 is 8.52. The van der Waals surface area contributed by atoms with Crippen LogP contribution >= 0.6 is 0 Å². The third-order valence-electron chi connectivity index (χ3n) is 4.32. The Morgan fingerprint density at radius 2 is 2.03 bits per heavy atom. The average molecular weight is 407 g/mol. The lowest BCUT2D eigenvalue weighted by atomic mass is 10.2. The van der Waals surface area contributed by atoms with Crippen LogP contribution in [0.15, 0.2) is 47.7 Å². The SMILES string of the molecule is CCn1ccc(Oc2ccc(Nc3ncc4cc(C(=O)O)c(=O)n(C)c4n3)cn2)n1. The van der Waals surface area contributed by atoms with Gasteiger partial charge in [0.15, 0.2) is 0 Å². The molecule has 11 nitrogen and oxygen atoms in total. The third-order valence-corrected chi connectivity index (χ3v) is 4.32. The zero-order chi connectivity index (χ0) is 21.3. The number of aromatic carboxylic acids is 1. The fourth-order valence-electron chi connectivity index (χ4n) is 2.78. The fourth-order valence-corrected chi connectivity index (χ4v) is 2.78. The van der Waals surface area contributed by atoms with Crippen LogP contribution in [0.3, 0.4) is 0 Å². The minimum absolute atomic E-state index is 0.234. The molecule has 4 rings (SSSR count). The van der Waals surface area contributed by atoms with Crippen molar-refractivity contribution >= 4 is 28.6 Å². The molecule has 2 N–H and O–H groups in total. The maximum atomic E-state index is 12.2. The Morgan fingerprint density at radius 3 is 2.70 bits per heavy atom. The first-order valence-corrected chi connectivity index (χ1v) is 8.99. The number of carboxylic acids is 1. The monoisotopic (exact) mass is 407 g/mol. The molecule has 0 radical (unpaired) electrons. The predicted octanol–water partition coefficient (Wildman–Crippen LogP) is 2.17. The maximum absolute atomic E-state index is 12.2. The lowest BCUT2D eigenvalue weighted by molar-refractivity contribution is 0.0694. The van der Waals surface area contributed by atoms with Crippen molar-refractivity contribution in [3.63, 3.8) is 0 Å². The number of ether oxygens (including phenoxy) is 1. The molecule has 0 aliphatic rings. The number of nitrogens with zero attached hydrogens (tertiary/aromatic N) is 6.